The predicted molar refractivity (Wildman–Crippen MR) is 69.3 cm³/mol. The first-order valence-electron chi connectivity index (χ1n) is 5.39. The molecule has 2 nitrogen and oxygen atoms in total. The summed E-state index contributed by atoms with van der Waals surface area (Å²) in [4.78, 5) is 2.33. The van der Waals surface area contributed by atoms with Crippen molar-refractivity contribution in [1.82, 2.24) is 4.90 Å². The quantitative estimate of drug-likeness (QED) is 0.826. The second-order valence-electron chi connectivity index (χ2n) is 3.80. The minimum Gasteiger partial charge on any atom is -0.365 e. The van der Waals surface area contributed by atoms with E-state index in [0.29, 0.717) is 6.04 Å². The molecule has 0 N–H and O–H groups in total. The normalized spacial score (nSPS) is 18.1. The molecule has 0 aromatic heterocycles. The van der Waals surface area contributed by atoms with Gasteiger partial charge in [0.25, 0.3) is 0 Å². The van der Waals surface area contributed by atoms with E-state index in [1.165, 1.54) is 5.56 Å². The van der Waals surface area contributed by atoms with Gasteiger partial charge < -0.3 is 4.74 Å². The van der Waals surface area contributed by atoms with Crippen molar-refractivity contribution in [3.05, 3.63) is 34.9 Å². The van der Waals surface area contributed by atoms with E-state index < -0.39 is 0 Å². The van der Waals surface area contributed by atoms with Gasteiger partial charge in [0.2, 0.25) is 0 Å². The topological polar surface area (TPSA) is 12.5 Å². The second kappa shape index (κ2) is 6.45. The van der Waals surface area contributed by atoms with Gasteiger partial charge in [-0.3, -0.25) is 4.90 Å². The molecule has 2 rings (SSSR count). The van der Waals surface area contributed by atoms with Crippen LogP contribution in [0.25, 0.3) is 0 Å². The average molecular weight is 262 g/mol. The Morgan fingerprint density at radius 3 is 2.75 bits per heavy atom. The molecule has 16 heavy (non-hydrogen) atoms. The first-order chi connectivity index (χ1) is 7.33. The van der Waals surface area contributed by atoms with Gasteiger partial charge in [-0.15, -0.1) is 12.4 Å². The van der Waals surface area contributed by atoms with Gasteiger partial charge in [0.1, 0.15) is 0 Å². The molecule has 1 aromatic rings. The van der Waals surface area contributed by atoms with Crippen molar-refractivity contribution in [2.45, 2.75) is 19.4 Å². The summed E-state index contributed by atoms with van der Waals surface area (Å²) >= 11 is 6.21. The number of ether oxygens (including phenoxy) is 1. The van der Waals surface area contributed by atoms with E-state index in [2.05, 4.69) is 17.9 Å². The van der Waals surface area contributed by atoms with E-state index in [0.717, 1.165) is 31.3 Å². The van der Waals surface area contributed by atoms with Crippen LogP contribution >= 0.6 is 24.0 Å². The lowest BCUT2D eigenvalue weighted by Gasteiger charge is -2.26. The van der Waals surface area contributed by atoms with E-state index >= 15 is 0 Å². The molecule has 0 spiro atoms. The zero-order valence-electron chi connectivity index (χ0n) is 9.36. The van der Waals surface area contributed by atoms with Gasteiger partial charge in [0.05, 0.1) is 13.3 Å². The standard InChI is InChI=1S/C12H16ClNO.ClH/c1-2-12(14-7-8-15-9-14)10-5-3-4-6-11(10)13;/h3-6,12H,2,7-9H2,1H3;1H. The largest absolute Gasteiger partial charge is 0.365 e. The van der Waals surface area contributed by atoms with Crippen molar-refractivity contribution in [3.8, 4) is 0 Å². The fourth-order valence-corrected chi connectivity index (χ4v) is 2.36. The monoisotopic (exact) mass is 261 g/mol. The molecule has 4 heteroatoms. The summed E-state index contributed by atoms with van der Waals surface area (Å²) in [6.07, 6.45) is 1.06. The molecule has 1 aliphatic rings. The average Bonchev–Trinajstić information content (AvgIpc) is 2.75. The van der Waals surface area contributed by atoms with Gasteiger partial charge in [0, 0.05) is 17.6 Å². The zero-order valence-corrected chi connectivity index (χ0v) is 10.9. The van der Waals surface area contributed by atoms with E-state index in [1.54, 1.807) is 0 Å². The third-order valence-corrected chi connectivity index (χ3v) is 3.22. The van der Waals surface area contributed by atoms with Crippen LogP contribution in [0.5, 0.6) is 0 Å². The number of hydrogen-bond donors (Lipinski definition) is 0. The Morgan fingerprint density at radius 2 is 2.19 bits per heavy atom. The zero-order chi connectivity index (χ0) is 10.7. The van der Waals surface area contributed by atoms with Crippen LogP contribution in [0.2, 0.25) is 5.02 Å². The lowest BCUT2D eigenvalue weighted by atomic mass is 10.0. The fraction of sp³-hybridized carbons (Fsp3) is 0.500. The van der Waals surface area contributed by atoms with Crippen molar-refractivity contribution < 1.29 is 4.74 Å². The van der Waals surface area contributed by atoms with Gasteiger partial charge in [-0.2, -0.15) is 0 Å². The molecule has 1 saturated heterocycles. The van der Waals surface area contributed by atoms with E-state index in [1.807, 2.05) is 18.2 Å². The van der Waals surface area contributed by atoms with Crippen LogP contribution in [0.3, 0.4) is 0 Å². The van der Waals surface area contributed by atoms with Crippen molar-refractivity contribution in [2.75, 3.05) is 19.9 Å². The summed E-state index contributed by atoms with van der Waals surface area (Å²) in [6.45, 7) is 4.75. The number of halogens is 2. The highest BCUT2D eigenvalue weighted by Crippen LogP contribution is 2.30. The minimum atomic E-state index is 0. The van der Waals surface area contributed by atoms with Crippen LogP contribution in [0.15, 0.2) is 24.3 Å². The highest BCUT2D eigenvalue weighted by atomic mass is 35.5. The van der Waals surface area contributed by atoms with Gasteiger partial charge in [-0.25, -0.2) is 0 Å². The SMILES string of the molecule is CCC(c1ccccc1Cl)N1CCOC1.Cl. The maximum Gasteiger partial charge on any atom is 0.0996 e. The van der Waals surface area contributed by atoms with Crippen molar-refractivity contribution >= 4 is 24.0 Å². The molecule has 0 radical (unpaired) electrons. The maximum atomic E-state index is 6.21. The van der Waals surface area contributed by atoms with Crippen LogP contribution in [-0.4, -0.2) is 24.8 Å². The van der Waals surface area contributed by atoms with Gasteiger partial charge >= 0.3 is 0 Å². The van der Waals surface area contributed by atoms with Gasteiger partial charge in [0.15, 0.2) is 0 Å². The molecule has 90 valence electrons. The summed E-state index contributed by atoms with van der Waals surface area (Å²) < 4.78 is 5.38. The van der Waals surface area contributed by atoms with E-state index in [-0.39, 0.29) is 12.4 Å². The van der Waals surface area contributed by atoms with Crippen molar-refractivity contribution in [1.29, 1.82) is 0 Å². The molecule has 0 saturated carbocycles. The Morgan fingerprint density at radius 1 is 1.44 bits per heavy atom. The van der Waals surface area contributed by atoms with Crippen molar-refractivity contribution in [2.24, 2.45) is 0 Å². The Balaban J connectivity index is 0.00000128. The number of rotatable bonds is 3. The Kier molecular flexibility index (Phi) is 5.56. The second-order valence-corrected chi connectivity index (χ2v) is 4.20. The van der Waals surface area contributed by atoms with Crippen LogP contribution in [0.4, 0.5) is 0 Å². The summed E-state index contributed by atoms with van der Waals surface area (Å²) in [5.41, 5.74) is 1.21. The number of benzene rings is 1. The minimum absolute atomic E-state index is 0. The molecule has 1 aromatic carbocycles. The fourth-order valence-electron chi connectivity index (χ4n) is 2.09. The first kappa shape index (κ1) is 13.8. The lowest BCUT2D eigenvalue weighted by molar-refractivity contribution is 0.112. The molecular formula is C12H17Cl2NO. The Bertz CT molecular complexity index is 327. The highest BCUT2D eigenvalue weighted by molar-refractivity contribution is 6.31. The highest BCUT2D eigenvalue weighted by Gasteiger charge is 2.23. The third-order valence-electron chi connectivity index (χ3n) is 2.87. The smallest absolute Gasteiger partial charge is 0.0996 e. The van der Waals surface area contributed by atoms with Crippen LogP contribution < -0.4 is 0 Å². The maximum absolute atomic E-state index is 6.21. The molecule has 0 aliphatic carbocycles. The predicted octanol–water partition coefficient (Wildman–Crippen LogP) is 3.50. The van der Waals surface area contributed by atoms with Crippen molar-refractivity contribution in [3.63, 3.8) is 0 Å². The molecule has 1 aliphatic heterocycles. The van der Waals surface area contributed by atoms with Crippen LogP contribution in [0.1, 0.15) is 24.9 Å². The van der Waals surface area contributed by atoms with Gasteiger partial charge in [-0.1, -0.05) is 36.7 Å². The van der Waals surface area contributed by atoms with E-state index in [9.17, 15) is 0 Å². The molecule has 1 heterocycles. The molecule has 0 bridgehead atoms. The lowest BCUT2D eigenvalue weighted by Crippen LogP contribution is -2.25. The summed E-state index contributed by atoms with van der Waals surface area (Å²) in [6, 6.07) is 8.46. The molecular weight excluding hydrogens is 245 g/mol. The third kappa shape index (κ3) is 2.89. The molecule has 1 atom stereocenters. The molecule has 1 unspecified atom stereocenters. The summed E-state index contributed by atoms with van der Waals surface area (Å²) in [7, 11) is 0. The summed E-state index contributed by atoms with van der Waals surface area (Å²) in [5.74, 6) is 0. The molecule has 0 amide bonds. The number of hydrogen-bond acceptors (Lipinski definition) is 2. The molecule has 1 fully saturated rings. The number of nitrogens with zero attached hydrogens (tertiary/aromatic N) is 1. The van der Waals surface area contributed by atoms with Crippen LogP contribution in [0, 0.1) is 0 Å². The van der Waals surface area contributed by atoms with Gasteiger partial charge in [-0.05, 0) is 18.1 Å². The summed E-state index contributed by atoms with van der Waals surface area (Å²) in [5, 5.41) is 0.858. The van der Waals surface area contributed by atoms with Crippen LogP contribution in [-0.2, 0) is 4.74 Å². The Hall–Kier alpha value is -0.280. The Labute approximate surface area is 108 Å². The first-order valence-corrected chi connectivity index (χ1v) is 5.77. The van der Waals surface area contributed by atoms with E-state index in [4.69, 9.17) is 16.3 Å².